The molecular formula is C15H28O3S. The minimum atomic E-state index is -2.88. The van der Waals surface area contributed by atoms with Crippen LogP contribution in [0.3, 0.4) is 0 Å². The normalized spacial score (nSPS) is 33.7. The van der Waals surface area contributed by atoms with Crippen molar-refractivity contribution in [1.82, 2.24) is 0 Å². The number of hydrogen-bond acceptors (Lipinski definition) is 3. The molecule has 0 radical (unpaired) electrons. The Morgan fingerprint density at radius 2 is 1.79 bits per heavy atom. The van der Waals surface area contributed by atoms with Gasteiger partial charge < -0.3 is 5.11 Å². The van der Waals surface area contributed by atoms with E-state index in [0.29, 0.717) is 18.8 Å². The average molecular weight is 288 g/mol. The third kappa shape index (κ3) is 4.75. The summed E-state index contributed by atoms with van der Waals surface area (Å²) in [5.74, 6) is 2.37. The Morgan fingerprint density at radius 3 is 2.47 bits per heavy atom. The molecule has 112 valence electrons. The molecule has 3 nitrogen and oxygen atoms in total. The van der Waals surface area contributed by atoms with Gasteiger partial charge in [0.05, 0.1) is 6.10 Å². The van der Waals surface area contributed by atoms with Crippen molar-refractivity contribution in [2.75, 3.05) is 12.0 Å². The van der Waals surface area contributed by atoms with E-state index in [-0.39, 0.29) is 11.9 Å². The summed E-state index contributed by atoms with van der Waals surface area (Å²) in [7, 11) is -2.88. The highest BCUT2D eigenvalue weighted by Crippen LogP contribution is 2.43. The quantitative estimate of drug-likeness (QED) is 0.846. The summed E-state index contributed by atoms with van der Waals surface area (Å²) >= 11 is 0. The zero-order chi connectivity index (χ0) is 13.9. The maximum Gasteiger partial charge on any atom is 0.147 e. The van der Waals surface area contributed by atoms with Crippen LogP contribution in [0.5, 0.6) is 0 Å². The van der Waals surface area contributed by atoms with Crippen LogP contribution < -0.4 is 0 Å². The topological polar surface area (TPSA) is 54.4 Å². The largest absolute Gasteiger partial charge is 0.393 e. The first-order valence-corrected chi connectivity index (χ1v) is 9.87. The molecule has 2 aliphatic rings. The Balaban J connectivity index is 1.75. The molecule has 2 rings (SSSR count). The molecule has 0 aromatic rings. The van der Waals surface area contributed by atoms with E-state index in [1.54, 1.807) is 0 Å². The molecule has 19 heavy (non-hydrogen) atoms. The van der Waals surface area contributed by atoms with Crippen LogP contribution in [0.1, 0.15) is 57.8 Å². The number of aliphatic hydroxyl groups excluding tert-OH is 1. The molecule has 1 N–H and O–H groups in total. The maximum atomic E-state index is 11.1. The third-order valence-electron chi connectivity index (χ3n) is 5.14. The number of rotatable bonds is 5. The van der Waals surface area contributed by atoms with E-state index in [1.807, 2.05) is 0 Å². The van der Waals surface area contributed by atoms with Crippen molar-refractivity contribution in [2.45, 2.75) is 63.9 Å². The van der Waals surface area contributed by atoms with Crippen LogP contribution in [-0.2, 0) is 9.84 Å². The fourth-order valence-corrected chi connectivity index (χ4v) is 4.74. The van der Waals surface area contributed by atoms with Gasteiger partial charge >= 0.3 is 0 Å². The number of aliphatic hydroxyl groups is 1. The van der Waals surface area contributed by atoms with Crippen molar-refractivity contribution in [3.63, 3.8) is 0 Å². The van der Waals surface area contributed by atoms with Gasteiger partial charge in [-0.3, -0.25) is 0 Å². The minimum absolute atomic E-state index is 0.211. The van der Waals surface area contributed by atoms with Crippen LogP contribution in [0.2, 0.25) is 0 Å². The molecule has 2 saturated carbocycles. The fourth-order valence-electron chi connectivity index (χ4n) is 4.05. The number of hydrogen-bond donors (Lipinski definition) is 1. The van der Waals surface area contributed by atoms with Crippen LogP contribution in [0.4, 0.5) is 0 Å². The highest BCUT2D eigenvalue weighted by atomic mass is 32.2. The van der Waals surface area contributed by atoms with E-state index in [2.05, 4.69) is 0 Å². The van der Waals surface area contributed by atoms with Gasteiger partial charge in [-0.25, -0.2) is 8.42 Å². The van der Waals surface area contributed by atoms with E-state index in [1.165, 1.54) is 44.8 Å². The predicted octanol–water partition coefficient (Wildman–Crippen LogP) is 2.78. The van der Waals surface area contributed by atoms with Crippen LogP contribution >= 0.6 is 0 Å². The van der Waals surface area contributed by atoms with E-state index in [4.69, 9.17) is 0 Å². The molecule has 0 amide bonds. The molecule has 0 spiro atoms. The van der Waals surface area contributed by atoms with Crippen LogP contribution in [0.25, 0.3) is 0 Å². The van der Waals surface area contributed by atoms with Gasteiger partial charge in [0, 0.05) is 12.0 Å². The summed E-state index contributed by atoms with van der Waals surface area (Å²) in [5.41, 5.74) is 0. The molecule has 0 aliphatic heterocycles. The molecule has 0 saturated heterocycles. The first-order valence-electron chi connectivity index (χ1n) is 7.81. The van der Waals surface area contributed by atoms with Crippen molar-refractivity contribution >= 4 is 9.84 Å². The average Bonchev–Trinajstić information content (AvgIpc) is 2.36. The Kier molecular flexibility index (Phi) is 5.29. The lowest BCUT2D eigenvalue weighted by Crippen LogP contribution is -2.33. The SMILES string of the molecule is CS(=O)(=O)CCCC(O)C1CCC2CCCCC2C1. The van der Waals surface area contributed by atoms with Crippen LogP contribution in [0, 0.1) is 17.8 Å². The summed E-state index contributed by atoms with van der Waals surface area (Å²) < 4.78 is 22.2. The molecule has 0 aromatic heterocycles. The maximum absolute atomic E-state index is 11.1. The summed E-state index contributed by atoms with van der Waals surface area (Å²) in [5, 5.41) is 10.3. The lowest BCUT2D eigenvalue weighted by atomic mass is 9.66. The Morgan fingerprint density at radius 1 is 1.11 bits per heavy atom. The van der Waals surface area contributed by atoms with E-state index >= 15 is 0 Å². The van der Waals surface area contributed by atoms with Crippen molar-refractivity contribution in [3.8, 4) is 0 Å². The van der Waals surface area contributed by atoms with Gasteiger partial charge in [-0.1, -0.05) is 25.7 Å². The molecule has 2 fully saturated rings. The monoisotopic (exact) mass is 288 g/mol. The van der Waals surface area contributed by atoms with Gasteiger partial charge in [-0.2, -0.15) is 0 Å². The van der Waals surface area contributed by atoms with Crippen molar-refractivity contribution in [1.29, 1.82) is 0 Å². The summed E-state index contributed by atoms with van der Waals surface area (Å²) in [6, 6.07) is 0. The van der Waals surface area contributed by atoms with Gasteiger partial charge in [0.15, 0.2) is 0 Å². The third-order valence-corrected chi connectivity index (χ3v) is 6.17. The van der Waals surface area contributed by atoms with Gasteiger partial charge in [0.2, 0.25) is 0 Å². The van der Waals surface area contributed by atoms with E-state index in [9.17, 15) is 13.5 Å². The predicted molar refractivity (Wildman–Crippen MR) is 77.7 cm³/mol. The Labute approximate surface area is 117 Å². The molecule has 4 heteroatoms. The molecule has 2 aliphatic carbocycles. The highest BCUT2D eigenvalue weighted by molar-refractivity contribution is 7.90. The molecule has 4 atom stereocenters. The molecule has 4 unspecified atom stereocenters. The first-order chi connectivity index (χ1) is 8.96. The number of sulfone groups is 1. The lowest BCUT2D eigenvalue weighted by molar-refractivity contribution is 0.0309. The number of fused-ring (bicyclic) bond motifs is 1. The fraction of sp³-hybridized carbons (Fsp3) is 1.00. The van der Waals surface area contributed by atoms with Crippen LogP contribution in [0.15, 0.2) is 0 Å². The van der Waals surface area contributed by atoms with Gasteiger partial charge in [0.25, 0.3) is 0 Å². The smallest absolute Gasteiger partial charge is 0.147 e. The summed E-state index contributed by atoms with van der Waals surface area (Å²) in [6.45, 7) is 0. The molecule has 0 bridgehead atoms. The van der Waals surface area contributed by atoms with E-state index < -0.39 is 9.84 Å². The van der Waals surface area contributed by atoms with Crippen molar-refractivity contribution < 1.29 is 13.5 Å². The zero-order valence-corrected chi connectivity index (χ0v) is 12.9. The Bertz CT molecular complexity index is 377. The van der Waals surface area contributed by atoms with Crippen molar-refractivity contribution in [3.05, 3.63) is 0 Å². The summed E-state index contributed by atoms with van der Waals surface area (Å²) in [4.78, 5) is 0. The minimum Gasteiger partial charge on any atom is -0.393 e. The second kappa shape index (κ2) is 6.57. The standard InChI is InChI=1S/C15H28O3S/c1-19(17,18)10-4-7-15(16)14-9-8-12-5-2-3-6-13(12)11-14/h12-16H,2-11H2,1H3. The molecule has 0 aromatic carbocycles. The first kappa shape index (κ1) is 15.3. The highest BCUT2D eigenvalue weighted by Gasteiger charge is 2.34. The molecule has 0 heterocycles. The second-order valence-electron chi connectivity index (χ2n) is 6.72. The Hall–Kier alpha value is -0.0900. The van der Waals surface area contributed by atoms with Gasteiger partial charge in [0.1, 0.15) is 9.84 Å². The van der Waals surface area contributed by atoms with E-state index in [0.717, 1.165) is 18.3 Å². The van der Waals surface area contributed by atoms with Gasteiger partial charge in [-0.15, -0.1) is 0 Å². The summed E-state index contributed by atoms with van der Waals surface area (Å²) in [6.07, 6.45) is 11.3. The zero-order valence-electron chi connectivity index (χ0n) is 12.1. The van der Waals surface area contributed by atoms with Crippen molar-refractivity contribution in [2.24, 2.45) is 17.8 Å². The second-order valence-corrected chi connectivity index (χ2v) is 8.98. The van der Waals surface area contributed by atoms with Crippen LogP contribution in [-0.4, -0.2) is 31.6 Å². The molecular weight excluding hydrogens is 260 g/mol. The lowest BCUT2D eigenvalue weighted by Gasteiger charge is -2.40. The van der Waals surface area contributed by atoms with Gasteiger partial charge in [-0.05, 0) is 49.9 Å².